The molecular formula is C21H23F2N9O. The lowest BCUT2D eigenvalue weighted by atomic mass is 9.93. The molecule has 4 aromatic heterocycles. The van der Waals surface area contributed by atoms with Crippen molar-refractivity contribution in [3.8, 4) is 11.3 Å². The Labute approximate surface area is 187 Å². The Morgan fingerprint density at radius 3 is 2.67 bits per heavy atom. The van der Waals surface area contributed by atoms with Crippen molar-refractivity contribution in [2.75, 3.05) is 17.7 Å². The highest BCUT2D eigenvalue weighted by atomic mass is 19.3. The zero-order valence-corrected chi connectivity index (χ0v) is 18.0. The molecule has 2 fully saturated rings. The smallest absolute Gasteiger partial charge is 0.258 e. The van der Waals surface area contributed by atoms with Gasteiger partial charge in [0.25, 0.3) is 6.43 Å². The zero-order valence-electron chi connectivity index (χ0n) is 18.0. The van der Waals surface area contributed by atoms with Crippen LogP contribution >= 0.6 is 0 Å². The van der Waals surface area contributed by atoms with Crippen LogP contribution in [-0.2, 0) is 6.54 Å². The molecule has 0 unspecified atom stereocenters. The lowest BCUT2D eigenvalue weighted by molar-refractivity contribution is 0.0521. The SMILES string of the molecule is CNc1nc(NC23CCC(O)(CC2)C3)nn2ccc(-c3ccc4nnn(CC(F)F)c4n3)c12. The van der Waals surface area contributed by atoms with Gasteiger partial charge in [0, 0.05) is 24.3 Å². The first kappa shape index (κ1) is 20.2. The van der Waals surface area contributed by atoms with Crippen LogP contribution in [0, 0.1) is 0 Å². The molecule has 172 valence electrons. The molecule has 0 aromatic carbocycles. The highest BCUT2D eigenvalue weighted by Crippen LogP contribution is 2.51. The van der Waals surface area contributed by atoms with Crippen molar-refractivity contribution in [3.05, 3.63) is 24.4 Å². The van der Waals surface area contributed by atoms with Crippen molar-refractivity contribution in [2.24, 2.45) is 0 Å². The Bertz CT molecular complexity index is 1360. The molecule has 0 radical (unpaired) electrons. The summed E-state index contributed by atoms with van der Waals surface area (Å²) in [5, 5.41) is 29.5. The van der Waals surface area contributed by atoms with E-state index in [9.17, 15) is 13.9 Å². The number of aliphatic hydroxyl groups is 1. The number of anilines is 2. The molecule has 0 spiro atoms. The second-order valence-corrected chi connectivity index (χ2v) is 9.06. The Balaban J connectivity index is 1.40. The summed E-state index contributed by atoms with van der Waals surface area (Å²) in [6.45, 7) is -0.569. The molecule has 6 rings (SSSR count). The fourth-order valence-corrected chi connectivity index (χ4v) is 5.30. The maximum atomic E-state index is 12.9. The lowest BCUT2D eigenvalue weighted by Crippen LogP contribution is -2.34. The fourth-order valence-electron chi connectivity index (χ4n) is 5.30. The minimum atomic E-state index is -2.55. The molecule has 0 atom stereocenters. The zero-order chi connectivity index (χ0) is 22.8. The van der Waals surface area contributed by atoms with Crippen LogP contribution in [0.2, 0.25) is 0 Å². The number of alkyl halides is 2. The van der Waals surface area contributed by atoms with E-state index in [0.717, 1.165) is 41.4 Å². The van der Waals surface area contributed by atoms with Gasteiger partial charge in [-0.2, -0.15) is 4.98 Å². The monoisotopic (exact) mass is 455 g/mol. The summed E-state index contributed by atoms with van der Waals surface area (Å²) in [4.78, 5) is 9.26. The van der Waals surface area contributed by atoms with Gasteiger partial charge in [-0.05, 0) is 50.3 Å². The summed E-state index contributed by atoms with van der Waals surface area (Å²) in [5.41, 5.74) is 2.06. The van der Waals surface area contributed by atoms with Crippen LogP contribution < -0.4 is 10.6 Å². The Kier molecular flexibility index (Phi) is 4.31. The van der Waals surface area contributed by atoms with Gasteiger partial charge in [0.1, 0.15) is 17.6 Å². The number of pyridine rings is 1. The molecule has 33 heavy (non-hydrogen) atoms. The quantitative estimate of drug-likeness (QED) is 0.406. The minimum Gasteiger partial charge on any atom is -0.390 e. The first-order valence-electron chi connectivity index (χ1n) is 10.9. The summed E-state index contributed by atoms with van der Waals surface area (Å²) in [7, 11) is 1.78. The summed E-state index contributed by atoms with van der Waals surface area (Å²) < 4.78 is 28.6. The third-order valence-electron chi connectivity index (χ3n) is 6.88. The number of halogens is 2. The molecule has 2 aliphatic rings. The van der Waals surface area contributed by atoms with Gasteiger partial charge >= 0.3 is 0 Å². The Hall–Kier alpha value is -3.41. The van der Waals surface area contributed by atoms with Gasteiger partial charge < -0.3 is 15.7 Å². The van der Waals surface area contributed by atoms with Crippen LogP contribution in [0.5, 0.6) is 0 Å². The molecule has 4 aromatic rings. The molecular weight excluding hydrogens is 432 g/mol. The number of hydrogen-bond donors (Lipinski definition) is 3. The van der Waals surface area contributed by atoms with Crippen LogP contribution in [0.1, 0.15) is 32.1 Å². The van der Waals surface area contributed by atoms with Crippen molar-refractivity contribution in [1.82, 2.24) is 34.6 Å². The number of nitrogens with zero attached hydrogens (tertiary/aromatic N) is 7. The van der Waals surface area contributed by atoms with Crippen LogP contribution in [-0.4, -0.2) is 64.3 Å². The topological polar surface area (TPSA) is 118 Å². The van der Waals surface area contributed by atoms with E-state index in [0.29, 0.717) is 35.0 Å². The molecule has 0 amide bonds. The van der Waals surface area contributed by atoms with E-state index < -0.39 is 18.6 Å². The first-order chi connectivity index (χ1) is 15.9. The molecule has 0 aliphatic heterocycles. The minimum absolute atomic E-state index is 0.174. The summed E-state index contributed by atoms with van der Waals surface area (Å²) in [6, 6.07) is 5.36. The van der Waals surface area contributed by atoms with Crippen molar-refractivity contribution in [3.63, 3.8) is 0 Å². The second kappa shape index (κ2) is 7.04. The predicted molar refractivity (Wildman–Crippen MR) is 117 cm³/mol. The second-order valence-electron chi connectivity index (χ2n) is 9.06. The van der Waals surface area contributed by atoms with E-state index in [1.165, 1.54) is 0 Å². The summed E-state index contributed by atoms with van der Waals surface area (Å²) >= 11 is 0. The molecule has 12 heteroatoms. The lowest BCUT2D eigenvalue weighted by Gasteiger charge is -2.27. The third kappa shape index (κ3) is 3.27. The van der Waals surface area contributed by atoms with Crippen LogP contribution in [0.4, 0.5) is 20.5 Å². The molecule has 4 heterocycles. The van der Waals surface area contributed by atoms with Gasteiger partial charge in [0.15, 0.2) is 11.5 Å². The number of rotatable bonds is 6. The Morgan fingerprint density at radius 1 is 1.15 bits per heavy atom. The van der Waals surface area contributed by atoms with Gasteiger partial charge in [-0.3, -0.25) is 0 Å². The van der Waals surface area contributed by atoms with Crippen molar-refractivity contribution >= 4 is 28.4 Å². The van der Waals surface area contributed by atoms with Crippen LogP contribution in [0.25, 0.3) is 27.9 Å². The largest absolute Gasteiger partial charge is 0.390 e. The van der Waals surface area contributed by atoms with Crippen molar-refractivity contribution < 1.29 is 13.9 Å². The maximum Gasteiger partial charge on any atom is 0.258 e. The number of nitrogens with one attached hydrogen (secondary N) is 2. The number of fused-ring (bicyclic) bond motifs is 4. The van der Waals surface area contributed by atoms with E-state index in [-0.39, 0.29) is 5.54 Å². The molecule has 2 bridgehead atoms. The van der Waals surface area contributed by atoms with Crippen LogP contribution in [0.15, 0.2) is 24.4 Å². The van der Waals surface area contributed by atoms with Gasteiger partial charge in [0.05, 0.1) is 11.3 Å². The standard InChI is InChI=1S/C21H23F2N9O/c1-24-17-16-12(13-2-3-14-18(25-13)32(30-28-14)10-15(22)23)4-9-31(16)29-19(26-17)27-20-5-7-21(33,11-20)8-6-20/h2-4,9,15,33H,5-8,10-11H2,1H3,(H2,24,26,27,29). The molecule has 3 N–H and O–H groups in total. The highest BCUT2D eigenvalue weighted by Gasteiger charge is 2.53. The molecule has 10 nitrogen and oxygen atoms in total. The average molecular weight is 455 g/mol. The van der Waals surface area contributed by atoms with E-state index >= 15 is 0 Å². The van der Waals surface area contributed by atoms with E-state index in [1.807, 2.05) is 12.3 Å². The molecule has 0 saturated heterocycles. The van der Waals surface area contributed by atoms with Crippen molar-refractivity contribution in [2.45, 2.75) is 56.2 Å². The normalized spacial score (nSPS) is 24.4. The number of hydrogen-bond acceptors (Lipinski definition) is 8. The highest BCUT2D eigenvalue weighted by molar-refractivity contribution is 5.89. The van der Waals surface area contributed by atoms with E-state index in [4.69, 9.17) is 4.98 Å². The fraction of sp³-hybridized carbons (Fsp3) is 0.476. The average Bonchev–Trinajstić information content (AvgIpc) is 3.54. The maximum absolute atomic E-state index is 12.9. The van der Waals surface area contributed by atoms with Crippen LogP contribution in [0.3, 0.4) is 0 Å². The summed E-state index contributed by atoms with van der Waals surface area (Å²) in [6.07, 6.45) is 3.33. The van der Waals surface area contributed by atoms with E-state index in [1.54, 1.807) is 23.7 Å². The van der Waals surface area contributed by atoms with E-state index in [2.05, 4.69) is 31.0 Å². The van der Waals surface area contributed by atoms with Gasteiger partial charge in [-0.1, -0.05) is 5.21 Å². The molecule has 2 aliphatic carbocycles. The molecule has 2 saturated carbocycles. The van der Waals surface area contributed by atoms with Gasteiger partial charge in [0.2, 0.25) is 5.95 Å². The van der Waals surface area contributed by atoms with Gasteiger partial charge in [-0.15, -0.1) is 10.2 Å². The van der Waals surface area contributed by atoms with Crippen molar-refractivity contribution in [1.29, 1.82) is 0 Å². The van der Waals surface area contributed by atoms with Gasteiger partial charge in [-0.25, -0.2) is 23.0 Å². The third-order valence-corrected chi connectivity index (χ3v) is 6.88. The number of aromatic nitrogens is 7. The first-order valence-corrected chi connectivity index (χ1v) is 10.9. The predicted octanol–water partition coefficient (Wildman–Crippen LogP) is 2.70. The summed E-state index contributed by atoms with van der Waals surface area (Å²) in [5.74, 6) is 1.10. The Morgan fingerprint density at radius 2 is 1.97 bits per heavy atom.